The van der Waals surface area contributed by atoms with Gasteiger partial charge in [0.25, 0.3) is 0 Å². The highest BCUT2D eigenvalue weighted by atomic mass is 16.4. The largest absolute Gasteiger partial charge is 0.476 e. The van der Waals surface area contributed by atoms with Gasteiger partial charge in [-0.05, 0) is 6.92 Å². The number of nitrogens with zero attached hydrogens (tertiary/aromatic N) is 4. The standard InChI is InChI=1S/C12H12N4O2/c1-3-16-8-10(11(14-16)12(17)18)5-4-9-6-13-15(2)7-9/h6-8H,3H2,1-2H3,(H,17,18). The van der Waals surface area contributed by atoms with Gasteiger partial charge in [-0.3, -0.25) is 9.36 Å². The van der Waals surface area contributed by atoms with E-state index in [9.17, 15) is 4.79 Å². The van der Waals surface area contributed by atoms with E-state index in [1.165, 1.54) is 0 Å². The fourth-order valence-corrected chi connectivity index (χ4v) is 1.46. The minimum Gasteiger partial charge on any atom is -0.476 e. The number of carboxylic acid groups (broad SMARTS) is 1. The zero-order valence-electron chi connectivity index (χ0n) is 10.1. The van der Waals surface area contributed by atoms with Crippen LogP contribution in [0.5, 0.6) is 0 Å². The lowest BCUT2D eigenvalue weighted by atomic mass is 10.2. The first-order chi connectivity index (χ1) is 8.60. The van der Waals surface area contributed by atoms with E-state index in [0.29, 0.717) is 12.1 Å². The molecule has 0 bridgehead atoms. The Hall–Kier alpha value is -2.55. The second kappa shape index (κ2) is 4.75. The number of aromatic carboxylic acids is 1. The van der Waals surface area contributed by atoms with E-state index in [2.05, 4.69) is 22.0 Å². The Labute approximate surface area is 104 Å². The second-order valence-corrected chi connectivity index (χ2v) is 3.70. The third-order valence-electron chi connectivity index (χ3n) is 2.33. The molecule has 0 saturated heterocycles. The monoisotopic (exact) mass is 244 g/mol. The van der Waals surface area contributed by atoms with E-state index in [1.54, 1.807) is 35.0 Å². The van der Waals surface area contributed by atoms with Crippen molar-refractivity contribution < 1.29 is 9.90 Å². The Kier molecular flexibility index (Phi) is 3.15. The summed E-state index contributed by atoms with van der Waals surface area (Å²) in [5.74, 6) is 4.60. The number of aromatic nitrogens is 4. The number of carbonyl (C=O) groups is 1. The van der Waals surface area contributed by atoms with E-state index in [4.69, 9.17) is 5.11 Å². The molecular weight excluding hydrogens is 232 g/mol. The summed E-state index contributed by atoms with van der Waals surface area (Å²) in [4.78, 5) is 11.0. The zero-order chi connectivity index (χ0) is 13.1. The summed E-state index contributed by atoms with van der Waals surface area (Å²) >= 11 is 0. The van der Waals surface area contributed by atoms with Gasteiger partial charge in [-0.15, -0.1) is 0 Å². The van der Waals surface area contributed by atoms with Crippen LogP contribution in [0.15, 0.2) is 18.6 Å². The van der Waals surface area contributed by atoms with Crippen LogP contribution in [0, 0.1) is 11.8 Å². The number of hydrogen-bond acceptors (Lipinski definition) is 3. The van der Waals surface area contributed by atoms with Crippen molar-refractivity contribution in [2.24, 2.45) is 7.05 Å². The molecule has 0 aliphatic heterocycles. The summed E-state index contributed by atoms with van der Waals surface area (Å²) in [5.41, 5.74) is 1.12. The number of aryl methyl sites for hydroxylation is 2. The minimum absolute atomic E-state index is 0.0201. The van der Waals surface area contributed by atoms with Crippen molar-refractivity contribution in [1.82, 2.24) is 19.6 Å². The van der Waals surface area contributed by atoms with Crippen molar-refractivity contribution in [3.8, 4) is 11.8 Å². The van der Waals surface area contributed by atoms with E-state index in [0.717, 1.165) is 5.56 Å². The van der Waals surface area contributed by atoms with Gasteiger partial charge < -0.3 is 5.11 Å². The van der Waals surface area contributed by atoms with Gasteiger partial charge in [-0.1, -0.05) is 11.8 Å². The Morgan fingerprint density at radius 1 is 1.44 bits per heavy atom. The average molecular weight is 244 g/mol. The van der Waals surface area contributed by atoms with Gasteiger partial charge in [-0.2, -0.15) is 10.2 Å². The number of carboxylic acids is 1. The fourth-order valence-electron chi connectivity index (χ4n) is 1.46. The van der Waals surface area contributed by atoms with Crippen molar-refractivity contribution >= 4 is 5.97 Å². The third-order valence-corrected chi connectivity index (χ3v) is 2.33. The van der Waals surface area contributed by atoms with E-state index >= 15 is 0 Å². The maximum absolute atomic E-state index is 11.0. The van der Waals surface area contributed by atoms with Gasteiger partial charge in [0.15, 0.2) is 5.69 Å². The third kappa shape index (κ3) is 2.40. The summed E-state index contributed by atoms with van der Waals surface area (Å²) < 4.78 is 3.19. The lowest BCUT2D eigenvalue weighted by Crippen LogP contribution is -2.02. The molecule has 92 valence electrons. The predicted molar refractivity (Wildman–Crippen MR) is 64.0 cm³/mol. The summed E-state index contributed by atoms with van der Waals surface area (Å²) in [7, 11) is 1.79. The molecule has 18 heavy (non-hydrogen) atoms. The first kappa shape index (κ1) is 11.9. The molecule has 0 radical (unpaired) electrons. The zero-order valence-corrected chi connectivity index (χ0v) is 10.1. The summed E-state index contributed by atoms with van der Waals surface area (Å²) in [6.07, 6.45) is 5.02. The SMILES string of the molecule is CCn1cc(C#Cc2cnn(C)c2)c(C(=O)O)n1. The van der Waals surface area contributed by atoms with Gasteiger partial charge in [-0.25, -0.2) is 4.79 Å². The van der Waals surface area contributed by atoms with E-state index in [1.807, 2.05) is 6.92 Å². The molecule has 0 atom stereocenters. The normalized spacial score (nSPS) is 9.89. The molecular formula is C12H12N4O2. The summed E-state index contributed by atoms with van der Waals surface area (Å²) in [6, 6.07) is 0. The molecule has 2 aromatic heterocycles. The quantitative estimate of drug-likeness (QED) is 0.790. The first-order valence-electron chi connectivity index (χ1n) is 5.41. The molecule has 2 heterocycles. The van der Waals surface area contributed by atoms with Crippen molar-refractivity contribution in [2.45, 2.75) is 13.5 Å². The van der Waals surface area contributed by atoms with Crippen molar-refractivity contribution in [2.75, 3.05) is 0 Å². The Morgan fingerprint density at radius 3 is 2.78 bits per heavy atom. The smallest absolute Gasteiger partial charge is 0.357 e. The van der Waals surface area contributed by atoms with E-state index < -0.39 is 5.97 Å². The van der Waals surface area contributed by atoms with Gasteiger partial charge in [0.1, 0.15) is 0 Å². The molecule has 0 aromatic carbocycles. The molecule has 2 aromatic rings. The predicted octanol–water partition coefficient (Wildman–Crippen LogP) is 0.734. The molecule has 0 unspecified atom stereocenters. The molecule has 0 spiro atoms. The Balaban J connectivity index is 2.36. The Bertz CT molecular complexity index is 643. The van der Waals surface area contributed by atoms with Crippen molar-refractivity contribution in [3.63, 3.8) is 0 Å². The van der Waals surface area contributed by atoms with Gasteiger partial charge in [0, 0.05) is 26.0 Å². The number of hydrogen-bond donors (Lipinski definition) is 1. The maximum Gasteiger partial charge on any atom is 0.357 e. The van der Waals surface area contributed by atoms with Gasteiger partial charge in [0.05, 0.1) is 17.3 Å². The van der Waals surface area contributed by atoms with Crippen LogP contribution in [-0.4, -0.2) is 30.6 Å². The Morgan fingerprint density at radius 2 is 2.22 bits per heavy atom. The fraction of sp³-hybridized carbons (Fsp3) is 0.250. The van der Waals surface area contributed by atoms with Crippen LogP contribution in [0.2, 0.25) is 0 Å². The first-order valence-corrected chi connectivity index (χ1v) is 5.41. The topological polar surface area (TPSA) is 72.9 Å². The van der Waals surface area contributed by atoms with Crippen molar-refractivity contribution in [1.29, 1.82) is 0 Å². The highest BCUT2D eigenvalue weighted by Gasteiger charge is 2.13. The molecule has 1 N–H and O–H groups in total. The highest BCUT2D eigenvalue weighted by molar-refractivity contribution is 5.88. The maximum atomic E-state index is 11.0. The highest BCUT2D eigenvalue weighted by Crippen LogP contribution is 2.06. The van der Waals surface area contributed by atoms with Gasteiger partial charge in [0.2, 0.25) is 0 Å². The molecule has 6 heteroatoms. The molecule has 0 aliphatic rings. The van der Waals surface area contributed by atoms with Crippen LogP contribution in [0.25, 0.3) is 0 Å². The molecule has 0 saturated carbocycles. The molecule has 6 nitrogen and oxygen atoms in total. The van der Waals surface area contributed by atoms with Gasteiger partial charge >= 0.3 is 5.97 Å². The molecule has 2 rings (SSSR count). The lowest BCUT2D eigenvalue weighted by Gasteiger charge is -1.89. The average Bonchev–Trinajstić information content (AvgIpc) is 2.92. The molecule has 0 amide bonds. The van der Waals surface area contributed by atoms with Crippen LogP contribution in [0.1, 0.15) is 28.5 Å². The second-order valence-electron chi connectivity index (χ2n) is 3.70. The van der Waals surface area contributed by atoms with Crippen LogP contribution < -0.4 is 0 Å². The molecule has 0 fully saturated rings. The van der Waals surface area contributed by atoms with E-state index in [-0.39, 0.29) is 5.69 Å². The summed E-state index contributed by atoms with van der Waals surface area (Å²) in [5, 5.41) is 16.9. The van der Waals surface area contributed by atoms with Crippen molar-refractivity contribution in [3.05, 3.63) is 35.4 Å². The van der Waals surface area contributed by atoms with Crippen LogP contribution in [0.3, 0.4) is 0 Å². The van der Waals surface area contributed by atoms with Crippen LogP contribution >= 0.6 is 0 Å². The summed E-state index contributed by atoms with van der Waals surface area (Å²) in [6.45, 7) is 2.49. The minimum atomic E-state index is -1.07. The van der Waals surface area contributed by atoms with Crippen LogP contribution in [-0.2, 0) is 13.6 Å². The number of rotatable bonds is 2. The molecule has 0 aliphatic carbocycles. The van der Waals surface area contributed by atoms with Crippen LogP contribution in [0.4, 0.5) is 0 Å². The lowest BCUT2D eigenvalue weighted by molar-refractivity contribution is 0.0689.